The van der Waals surface area contributed by atoms with Crippen molar-refractivity contribution >= 4 is 0 Å². The summed E-state index contributed by atoms with van der Waals surface area (Å²) in [7, 11) is 0. The van der Waals surface area contributed by atoms with E-state index < -0.39 is 12.1 Å². The van der Waals surface area contributed by atoms with Crippen molar-refractivity contribution in [3.8, 4) is 0 Å². The first kappa shape index (κ1) is 22.8. The van der Waals surface area contributed by atoms with Gasteiger partial charge in [0.25, 0.3) is 0 Å². The SMILES string of the molecule is CC1NC2CCC(C3CCNCC3)CC2C(NC(C)C2CCCC(C(F)(F)F)C2)N1. The Labute approximate surface area is 179 Å². The Hall–Kier alpha value is -0.370. The molecule has 2 aliphatic carbocycles. The van der Waals surface area contributed by atoms with Crippen molar-refractivity contribution in [2.24, 2.45) is 29.6 Å². The van der Waals surface area contributed by atoms with E-state index in [1.54, 1.807) is 0 Å². The first-order valence-electron chi connectivity index (χ1n) is 12.4. The van der Waals surface area contributed by atoms with Gasteiger partial charge in [0.2, 0.25) is 0 Å². The Balaban J connectivity index is 1.38. The van der Waals surface area contributed by atoms with E-state index in [-0.39, 0.29) is 30.7 Å². The van der Waals surface area contributed by atoms with Crippen LogP contribution in [0.4, 0.5) is 13.2 Å². The van der Waals surface area contributed by atoms with Gasteiger partial charge in [-0.05, 0) is 96.1 Å². The zero-order valence-corrected chi connectivity index (χ0v) is 18.6. The molecule has 2 heterocycles. The van der Waals surface area contributed by atoms with Gasteiger partial charge in [0.1, 0.15) is 0 Å². The van der Waals surface area contributed by atoms with Gasteiger partial charge in [0.05, 0.1) is 18.2 Å². The number of rotatable bonds is 4. The van der Waals surface area contributed by atoms with Gasteiger partial charge >= 0.3 is 6.18 Å². The Morgan fingerprint density at radius 2 is 1.67 bits per heavy atom. The molecule has 30 heavy (non-hydrogen) atoms. The van der Waals surface area contributed by atoms with Crippen molar-refractivity contribution in [1.29, 1.82) is 0 Å². The Morgan fingerprint density at radius 1 is 0.900 bits per heavy atom. The van der Waals surface area contributed by atoms with Crippen LogP contribution in [0, 0.1) is 29.6 Å². The van der Waals surface area contributed by atoms with Crippen LogP contribution in [0.15, 0.2) is 0 Å². The molecular weight excluding hydrogens is 389 g/mol. The minimum Gasteiger partial charge on any atom is -0.317 e. The highest BCUT2D eigenvalue weighted by Crippen LogP contribution is 2.42. The number of fused-ring (bicyclic) bond motifs is 1. The number of halogens is 3. The highest BCUT2D eigenvalue weighted by atomic mass is 19.4. The molecule has 0 amide bonds. The minimum absolute atomic E-state index is 0.109. The summed E-state index contributed by atoms with van der Waals surface area (Å²) >= 11 is 0. The molecule has 4 nitrogen and oxygen atoms in total. The summed E-state index contributed by atoms with van der Waals surface area (Å²) in [5.41, 5.74) is 0. The maximum Gasteiger partial charge on any atom is 0.391 e. The number of piperidine rings is 1. The van der Waals surface area contributed by atoms with E-state index in [4.69, 9.17) is 0 Å². The van der Waals surface area contributed by atoms with Gasteiger partial charge in [-0.2, -0.15) is 13.2 Å². The summed E-state index contributed by atoms with van der Waals surface area (Å²) in [4.78, 5) is 0. The molecule has 7 heteroatoms. The highest BCUT2D eigenvalue weighted by molar-refractivity contribution is 4.98. The van der Waals surface area contributed by atoms with Gasteiger partial charge in [0.15, 0.2) is 0 Å². The summed E-state index contributed by atoms with van der Waals surface area (Å²) in [6.07, 6.45) is 4.90. The van der Waals surface area contributed by atoms with Gasteiger partial charge in [-0.1, -0.05) is 6.42 Å². The van der Waals surface area contributed by atoms with Gasteiger partial charge < -0.3 is 5.32 Å². The number of hydrogen-bond donors (Lipinski definition) is 4. The molecule has 8 atom stereocenters. The molecule has 0 aromatic heterocycles. The number of alkyl halides is 3. The largest absolute Gasteiger partial charge is 0.391 e. The van der Waals surface area contributed by atoms with Crippen LogP contribution in [0.1, 0.15) is 71.6 Å². The van der Waals surface area contributed by atoms with Gasteiger partial charge in [-0.15, -0.1) is 0 Å². The average Bonchev–Trinajstić information content (AvgIpc) is 2.73. The van der Waals surface area contributed by atoms with E-state index in [2.05, 4.69) is 35.1 Å². The molecule has 4 rings (SSSR count). The fourth-order valence-electron chi connectivity index (χ4n) is 6.89. The first-order chi connectivity index (χ1) is 14.3. The summed E-state index contributed by atoms with van der Waals surface area (Å²) in [5.74, 6) is 1.12. The summed E-state index contributed by atoms with van der Waals surface area (Å²) < 4.78 is 39.9. The second-order valence-corrected chi connectivity index (χ2v) is 10.6. The van der Waals surface area contributed by atoms with Gasteiger partial charge in [-0.3, -0.25) is 16.0 Å². The second kappa shape index (κ2) is 9.63. The molecule has 8 unspecified atom stereocenters. The first-order valence-corrected chi connectivity index (χ1v) is 12.4. The number of hydrogen-bond acceptors (Lipinski definition) is 4. The van der Waals surface area contributed by atoms with Gasteiger partial charge in [-0.25, -0.2) is 0 Å². The zero-order valence-electron chi connectivity index (χ0n) is 18.6. The molecule has 4 N–H and O–H groups in total. The van der Waals surface area contributed by atoms with Crippen LogP contribution in [0.3, 0.4) is 0 Å². The van der Waals surface area contributed by atoms with E-state index in [0.717, 1.165) is 31.3 Å². The topological polar surface area (TPSA) is 48.1 Å². The molecule has 2 saturated heterocycles. The lowest BCUT2D eigenvalue weighted by Crippen LogP contribution is -2.69. The Bertz CT molecular complexity index is 551. The predicted octanol–water partition coefficient (Wildman–Crippen LogP) is 3.98. The van der Waals surface area contributed by atoms with Crippen molar-refractivity contribution in [3.63, 3.8) is 0 Å². The maximum atomic E-state index is 13.3. The summed E-state index contributed by atoms with van der Waals surface area (Å²) in [6.45, 7) is 6.56. The van der Waals surface area contributed by atoms with E-state index in [9.17, 15) is 13.2 Å². The van der Waals surface area contributed by atoms with Gasteiger partial charge in [0, 0.05) is 18.0 Å². The van der Waals surface area contributed by atoms with Crippen LogP contribution in [0.5, 0.6) is 0 Å². The van der Waals surface area contributed by atoms with E-state index >= 15 is 0 Å². The van der Waals surface area contributed by atoms with Crippen molar-refractivity contribution in [1.82, 2.24) is 21.3 Å². The quantitative estimate of drug-likeness (QED) is 0.545. The van der Waals surface area contributed by atoms with E-state index in [1.165, 1.54) is 32.1 Å². The molecule has 174 valence electrons. The molecule has 0 aromatic carbocycles. The monoisotopic (exact) mass is 430 g/mol. The minimum atomic E-state index is -4.05. The van der Waals surface area contributed by atoms with Crippen molar-refractivity contribution in [2.45, 2.75) is 102 Å². The summed E-state index contributed by atoms with van der Waals surface area (Å²) in [6, 6.07) is 0.621. The zero-order chi connectivity index (χ0) is 21.3. The van der Waals surface area contributed by atoms with Crippen molar-refractivity contribution in [3.05, 3.63) is 0 Å². The maximum absolute atomic E-state index is 13.3. The van der Waals surface area contributed by atoms with Crippen molar-refractivity contribution < 1.29 is 13.2 Å². The van der Waals surface area contributed by atoms with Crippen molar-refractivity contribution in [2.75, 3.05) is 13.1 Å². The standard InChI is InChI=1S/C23H41F3N4/c1-14(17-4-3-5-19(12-17)23(24,25)26)28-22-20-13-18(16-8-10-27-11-9-16)6-7-21(20)29-15(2)30-22/h14-22,27-30H,3-13H2,1-2H3. The second-order valence-electron chi connectivity index (χ2n) is 10.6. The molecule has 2 aliphatic heterocycles. The van der Waals surface area contributed by atoms with E-state index in [0.29, 0.717) is 24.8 Å². The van der Waals surface area contributed by atoms with Crippen LogP contribution < -0.4 is 21.3 Å². The fraction of sp³-hybridized carbons (Fsp3) is 1.00. The normalized spacial score (nSPS) is 42.5. The molecule has 0 bridgehead atoms. The van der Waals surface area contributed by atoms with Crippen LogP contribution in [-0.2, 0) is 0 Å². The molecule has 0 radical (unpaired) electrons. The third-order valence-electron chi connectivity index (χ3n) is 8.64. The summed E-state index contributed by atoms with van der Waals surface area (Å²) in [5, 5.41) is 14.7. The molecule has 0 aromatic rings. The molecule has 2 saturated carbocycles. The lowest BCUT2D eigenvalue weighted by molar-refractivity contribution is -0.186. The third kappa shape index (κ3) is 5.33. The predicted molar refractivity (Wildman–Crippen MR) is 114 cm³/mol. The van der Waals surface area contributed by atoms with Crippen LogP contribution >= 0.6 is 0 Å². The molecule has 4 fully saturated rings. The molecular formula is C23H41F3N4. The third-order valence-corrected chi connectivity index (χ3v) is 8.64. The van der Waals surface area contributed by atoms with Crippen LogP contribution in [0.2, 0.25) is 0 Å². The number of nitrogens with one attached hydrogen (secondary N) is 4. The lowest BCUT2D eigenvalue weighted by Gasteiger charge is -2.50. The van der Waals surface area contributed by atoms with Crippen LogP contribution in [-0.4, -0.2) is 43.7 Å². The average molecular weight is 431 g/mol. The smallest absolute Gasteiger partial charge is 0.317 e. The van der Waals surface area contributed by atoms with Crippen LogP contribution in [0.25, 0.3) is 0 Å². The fourth-order valence-corrected chi connectivity index (χ4v) is 6.89. The lowest BCUT2D eigenvalue weighted by atomic mass is 9.68. The Kier molecular flexibility index (Phi) is 7.33. The molecule has 4 aliphatic rings. The molecule has 0 spiro atoms. The highest BCUT2D eigenvalue weighted by Gasteiger charge is 2.45. The van der Waals surface area contributed by atoms with E-state index in [1.807, 2.05) is 0 Å². The Morgan fingerprint density at radius 3 is 2.40 bits per heavy atom.